The van der Waals surface area contributed by atoms with Crippen LogP contribution in [0.25, 0.3) is 5.57 Å². The first-order chi connectivity index (χ1) is 16.3. The molecule has 1 aromatic rings. The van der Waals surface area contributed by atoms with Gasteiger partial charge in [-0.05, 0) is 54.4 Å². The van der Waals surface area contributed by atoms with Gasteiger partial charge in [0.15, 0.2) is 0 Å². The maximum Gasteiger partial charge on any atom is 0.305 e. The Morgan fingerprint density at radius 2 is 1.91 bits per heavy atom. The molecular weight excluding hydrogens is 453 g/mol. The van der Waals surface area contributed by atoms with Crippen molar-refractivity contribution < 1.29 is 22.7 Å². The van der Waals surface area contributed by atoms with Gasteiger partial charge in [0, 0.05) is 24.8 Å². The average Bonchev–Trinajstić information content (AvgIpc) is 3.22. The summed E-state index contributed by atoms with van der Waals surface area (Å²) in [5.74, 6) is -2.52. The van der Waals surface area contributed by atoms with E-state index in [1.54, 1.807) is 13.8 Å². The molecule has 2 aliphatic rings. The fraction of sp³-hybridized carbons (Fsp3) is 0.679. The van der Waals surface area contributed by atoms with Crippen LogP contribution in [0.3, 0.4) is 0 Å². The Labute approximate surface area is 207 Å². The van der Waals surface area contributed by atoms with Gasteiger partial charge in [0.1, 0.15) is 17.7 Å². The summed E-state index contributed by atoms with van der Waals surface area (Å²) in [6, 6.07) is 0. The SMILES string of the molecule is C=C(Cc1nc(C(=C)CCC2C(CC(=O)OC)C2(C)CC)c2c(n1)C(F)(F)CC2)CC(F)C(C)C. The molecule has 194 valence electrons. The first-order valence-corrected chi connectivity index (χ1v) is 12.7. The van der Waals surface area contributed by atoms with E-state index in [0.717, 1.165) is 12.8 Å². The van der Waals surface area contributed by atoms with Crippen LogP contribution in [0.4, 0.5) is 13.2 Å². The fourth-order valence-electron chi connectivity index (χ4n) is 5.55. The van der Waals surface area contributed by atoms with Crippen molar-refractivity contribution in [1.29, 1.82) is 0 Å². The summed E-state index contributed by atoms with van der Waals surface area (Å²) in [5.41, 5.74) is 2.11. The normalized spacial score (nSPS) is 25.3. The predicted molar refractivity (Wildman–Crippen MR) is 132 cm³/mol. The molecule has 35 heavy (non-hydrogen) atoms. The number of carbonyl (C=O) groups excluding carboxylic acids is 1. The van der Waals surface area contributed by atoms with Crippen molar-refractivity contribution in [3.63, 3.8) is 0 Å². The van der Waals surface area contributed by atoms with Crippen molar-refractivity contribution in [3.8, 4) is 0 Å². The molecule has 7 heteroatoms. The minimum atomic E-state index is -3.01. The van der Waals surface area contributed by atoms with E-state index in [1.165, 1.54) is 7.11 Å². The Hall–Kier alpha value is -2.18. The van der Waals surface area contributed by atoms with Crippen LogP contribution in [0.5, 0.6) is 0 Å². The highest BCUT2D eigenvalue weighted by molar-refractivity contribution is 5.70. The highest BCUT2D eigenvalue weighted by Gasteiger charge is 2.59. The predicted octanol–water partition coefficient (Wildman–Crippen LogP) is 7.02. The lowest BCUT2D eigenvalue weighted by Crippen LogP contribution is -2.15. The monoisotopic (exact) mass is 492 g/mol. The number of ether oxygens (including phenoxy) is 1. The van der Waals surface area contributed by atoms with Gasteiger partial charge in [0.25, 0.3) is 5.92 Å². The van der Waals surface area contributed by atoms with E-state index in [4.69, 9.17) is 4.74 Å². The number of hydrogen-bond donors (Lipinski definition) is 0. The standard InChI is InChI=1S/C28H39F3N2O2/c1-8-27(6)20(21(27)15-24(34)35-7)10-9-18(5)25-19-11-12-28(30,31)26(19)33-23(32-25)14-17(4)13-22(29)16(2)3/h16,20-22H,4-5,8-15H2,1-3,6-7H3. The van der Waals surface area contributed by atoms with Crippen LogP contribution in [-0.2, 0) is 28.3 Å². The Kier molecular flexibility index (Phi) is 8.17. The first kappa shape index (κ1) is 27.4. The van der Waals surface area contributed by atoms with Gasteiger partial charge in [-0.1, -0.05) is 52.8 Å². The lowest BCUT2D eigenvalue weighted by atomic mass is 9.96. The molecule has 4 unspecified atom stereocenters. The minimum absolute atomic E-state index is 0.0668. The molecule has 0 bridgehead atoms. The number of allylic oxidation sites excluding steroid dienone is 2. The van der Waals surface area contributed by atoms with E-state index in [9.17, 15) is 18.0 Å². The van der Waals surface area contributed by atoms with Crippen LogP contribution in [0.2, 0.25) is 0 Å². The van der Waals surface area contributed by atoms with Gasteiger partial charge in [-0.3, -0.25) is 4.79 Å². The molecule has 1 aromatic heterocycles. The summed E-state index contributed by atoms with van der Waals surface area (Å²) in [5, 5.41) is 0. The van der Waals surface area contributed by atoms with Gasteiger partial charge in [0.05, 0.1) is 12.8 Å². The summed E-state index contributed by atoms with van der Waals surface area (Å²) in [6.45, 7) is 16.1. The van der Waals surface area contributed by atoms with Gasteiger partial charge in [-0.2, -0.15) is 8.78 Å². The summed E-state index contributed by atoms with van der Waals surface area (Å²) in [4.78, 5) is 20.7. The summed E-state index contributed by atoms with van der Waals surface area (Å²) < 4.78 is 48.3. The summed E-state index contributed by atoms with van der Waals surface area (Å²) in [7, 11) is 1.40. The number of methoxy groups -OCH3 is 1. The van der Waals surface area contributed by atoms with E-state index in [-0.39, 0.29) is 60.4 Å². The molecule has 0 aliphatic heterocycles. The van der Waals surface area contributed by atoms with Crippen molar-refractivity contribution in [3.05, 3.63) is 41.5 Å². The van der Waals surface area contributed by atoms with Gasteiger partial charge in [-0.25, -0.2) is 14.4 Å². The van der Waals surface area contributed by atoms with Crippen LogP contribution < -0.4 is 0 Å². The van der Waals surface area contributed by atoms with Crippen molar-refractivity contribution in [1.82, 2.24) is 9.97 Å². The fourth-order valence-corrected chi connectivity index (χ4v) is 5.55. The molecule has 0 N–H and O–H groups in total. The average molecular weight is 493 g/mol. The van der Waals surface area contributed by atoms with Crippen molar-refractivity contribution >= 4 is 11.5 Å². The number of halogens is 3. The second kappa shape index (κ2) is 10.4. The Balaban J connectivity index is 1.77. The lowest BCUT2D eigenvalue weighted by molar-refractivity contribution is -0.141. The highest BCUT2D eigenvalue weighted by atomic mass is 19.3. The third-order valence-electron chi connectivity index (χ3n) is 8.24. The van der Waals surface area contributed by atoms with Gasteiger partial charge >= 0.3 is 5.97 Å². The van der Waals surface area contributed by atoms with Crippen molar-refractivity contribution in [2.45, 2.75) is 91.2 Å². The number of esters is 1. The van der Waals surface area contributed by atoms with Crippen molar-refractivity contribution in [2.24, 2.45) is 23.2 Å². The number of rotatable bonds is 12. The van der Waals surface area contributed by atoms with Crippen LogP contribution >= 0.6 is 0 Å². The molecule has 4 nitrogen and oxygen atoms in total. The molecule has 1 heterocycles. The van der Waals surface area contributed by atoms with Crippen LogP contribution in [0, 0.1) is 23.2 Å². The topological polar surface area (TPSA) is 52.1 Å². The zero-order valence-corrected chi connectivity index (χ0v) is 21.7. The number of aromatic nitrogens is 2. The molecule has 0 amide bonds. The molecule has 2 aliphatic carbocycles. The van der Waals surface area contributed by atoms with E-state index in [1.807, 2.05) is 0 Å². The molecule has 4 atom stereocenters. The first-order valence-electron chi connectivity index (χ1n) is 12.7. The molecular formula is C28H39F3N2O2. The maximum atomic E-state index is 14.6. The maximum absolute atomic E-state index is 14.6. The number of carbonyl (C=O) groups is 1. The third kappa shape index (κ3) is 5.80. The Morgan fingerprint density at radius 1 is 1.23 bits per heavy atom. The van der Waals surface area contributed by atoms with Crippen LogP contribution in [0.15, 0.2) is 18.7 Å². The lowest BCUT2D eigenvalue weighted by Gasteiger charge is -2.17. The van der Waals surface area contributed by atoms with Crippen LogP contribution in [-0.4, -0.2) is 29.2 Å². The third-order valence-corrected chi connectivity index (χ3v) is 8.24. The van der Waals surface area contributed by atoms with Crippen LogP contribution in [0.1, 0.15) is 89.0 Å². The summed E-state index contributed by atoms with van der Waals surface area (Å²) in [6.07, 6.45) is 1.95. The Bertz CT molecular complexity index is 991. The van der Waals surface area contributed by atoms with Gasteiger partial charge in [-0.15, -0.1) is 0 Å². The number of fused-ring (bicyclic) bond motifs is 1. The molecule has 1 saturated carbocycles. The van der Waals surface area contributed by atoms with E-state index >= 15 is 0 Å². The quantitative estimate of drug-likeness (QED) is 0.232. The number of hydrogen-bond acceptors (Lipinski definition) is 4. The highest BCUT2D eigenvalue weighted by Crippen LogP contribution is 2.64. The molecule has 1 fully saturated rings. The molecule has 0 aromatic carbocycles. The molecule has 0 spiro atoms. The van der Waals surface area contributed by atoms with E-state index < -0.39 is 12.1 Å². The number of nitrogens with zero attached hydrogens (tertiary/aromatic N) is 2. The zero-order chi connectivity index (χ0) is 26.1. The second-order valence-corrected chi connectivity index (χ2v) is 10.9. The molecule has 3 rings (SSSR count). The Morgan fingerprint density at radius 3 is 2.51 bits per heavy atom. The second-order valence-electron chi connectivity index (χ2n) is 10.9. The summed E-state index contributed by atoms with van der Waals surface area (Å²) >= 11 is 0. The van der Waals surface area contributed by atoms with E-state index in [2.05, 4.69) is 37.0 Å². The van der Waals surface area contributed by atoms with Gasteiger partial charge < -0.3 is 4.74 Å². The van der Waals surface area contributed by atoms with Gasteiger partial charge in [0.2, 0.25) is 0 Å². The van der Waals surface area contributed by atoms with E-state index in [0.29, 0.717) is 41.2 Å². The number of alkyl halides is 3. The van der Waals surface area contributed by atoms with Crippen molar-refractivity contribution in [2.75, 3.05) is 7.11 Å². The minimum Gasteiger partial charge on any atom is -0.469 e. The smallest absolute Gasteiger partial charge is 0.305 e. The molecule has 0 saturated heterocycles. The molecule has 0 radical (unpaired) electrons. The zero-order valence-electron chi connectivity index (χ0n) is 21.7. The largest absolute Gasteiger partial charge is 0.469 e.